The van der Waals surface area contributed by atoms with Gasteiger partial charge in [0.15, 0.2) is 5.16 Å². The molecular weight excluding hydrogens is 268 g/mol. The lowest BCUT2D eigenvalue weighted by atomic mass is 10.4. The van der Waals surface area contributed by atoms with Gasteiger partial charge in [-0.15, -0.1) is 0 Å². The van der Waals surface area contributed by atoms with Gasteiger partial charge in [-0.1, -0.05) is 25.6 Å². The van der Waals surface area contributed by atoms with Crippen molar-refractivity contribution >= 4 is 11.8 Å². The second kappa shape index (κ2) is 8.04. The molecule has 0 aliphatic heterocycles. The third-order valence-corrected chi connectivity index (χ3v) is 3.44. The van der Waals surface area contributed by atoms with Gasteiger partial charge in [0.1, 0.15) is 5.82 Å². The third-order valence-electron chi connectivity index (χ3n) is 2.60. The van der Waals surface area contributed by atoms with Crippen molar-refractivity contribution in [2.75, 3.05) is 0 Å². The quantitative estimate of drug-likeness (QED) is 0.626. The molecule has 0 amide bonds. The predicted molar refractivity (Wildman–Crippen MR) is 85.0 cm³/mol. The molecule has 0 aliphatic rings. The fourth-order valence-electron chi connectivity index (χ4n) is 1.81. The first-order valence-corrected chi connectivity index (χ1v) is 8.01. The van der Waals surface area contributed by atoms with E-state index in [9.17, 15) is 0 Å². The zero-order valence-corrected chi connectivity index (χ0v) is 14.0. The Balaban J connectivity index is 0.000000956. The number of hydrogen-bond donors (Lipinski definition) is 0. The fraction of sp³-hybridized carbons (Fsp3) is 0.533. The summed E-state index contributed by atoms with van der Waals surface area (Å²) in [5, 5.41) is 0.825. The van der Waals surface area contributed by atoms with E-state index < -0.39 is 0 Å². The first-order chi connectivity index (χ1) is 9.56. The minimum Gasteiger partial charge on any atom is -0.332 e. The minimum absolute atomic E-state index is 0.434. The molecule has 0 N–H and O–H groups in total. The van der Waals surface area contributed by atoms with Crippen molar-refractivity contribution in [1.82, 2.24) is 19.5 Å². The van der Waals surface area contributed by atoms with E-state index in [1.165, 1.54) is 0 Å². The van der Waals surface area contributed by atoms with Crippen LogP contribution in [0.2, 0.25) is 0 Å². The minimum atomic E-state index is 0.434. The van der Waals surface area contributed by atoms with Crippen LogP contribution in [0.25, 0.3) is 0 Å². The molecule has 0 unspecified atom stereocenters. The number of aromatic nitrogens is 4. The van der Waals surface area contributed by atoms with Crippen molar-refractivity contribution in [2.45, 2.75) is 58.5 Å². The Morgan fingerprint density at radius 3 is 2.30 bits per heavy atom. The van der Waals surface area contributed by atoms with Crippen molar-refractivity contribution in [2.24, 2.45) is 0 Å². The lowest BCUT2D eigenvalue weighted by Crippen LogP contribution is -2.04. The second-order valence-corrected chi connectivity index (χ2v) is 5.51. The average molecular weight is 292 g/mol. The maximum absolute atomic E-state index is 4.42. The number of thioether (sulfide) groups is 1. The molecule has 2 aromatic heterocycles. The van der Waals surface area contributed by atoms with Gasteiger partial charge in [-0.2, -0.15) is 0 Å². The molecule has 0 atom stereocenters. The molecule has 0 bridgehead atoms. The zero-order chi connectivity index (χ0) is 15.1. The summed E-state index contributed by atoms with van der Waals surface area (Å²) in [6.45, 7) is 12.3. The normalized spacial score (nSPS) is 10.3. The monoisotopic (exact) mass is 292 g/mol. The second-order valence-electron chi connectivity index (χ2n) is 4.57. The molecule has 0 fully saturated rings. The molecular formula is C15H24N4S. The Kier molecular flexibility index (Phi) is 6.71. The van der Waals surface area contributed by atoms with Crippen molar-refractivity contribution in [3.63, 3.8) is 0 Å². The number of imidazole rings is 1. The summed E-state index contributed by atoms with van der Waals surface area (Å²) in [6.07, 6.45) is 3.86. The smallest absolute Gasteiger partial charge is 0.188 e. The molecule has 2 heterocycles. The zero-order valence-electron chi connectivity index (χ0n) is 13.2. The van der Waals surface area contributed by atoms with Crippen LogP contribution >= 0.6 is 11.8 Å². The van der Waals surface area contributed by atoms with Gasteiger partial charge in [0, 0.05) is 29.8 Å². The van der Waals surface area contributed by atoms with E-state index in [1.807, 2.05) is 46.2 Å². The maximum Gasteiger partial charge on any atom is 0.188 e. The highest BCUT2D eigenvalue weighted by Gasteiger charge is 2.08. The van der Waals surface area contributed by atoms with Crippen LogP contribution in [0.15, 0.2) is 23.6 Å². The van der Waals surface area contributed by atoms with Gasteiger partial charge in [-0.05, 0) is 33.8 Å². The highest BCUT2D eigenvalue weighted by atomic mass is 32.2. The van der Waals surface area contributed by atoms with Crippen molar-refractivity contribution < 1.29 is 0 Å². The summed E-state index contributed by atoms with van der Waals surface area (Å²) in [4.78, 5) is 13.2. The van der Waals surface area contributed by atoms with Gasteiger partial charge >= 0.3 is 0 Å². The van der Waals surface area contributed by atoms with Crippen LogP contribution in [0.3, 0.4) is 0 Å². The summed E-state index contributed by atoms with van der Waals surface area (Å²) in [5.41, 5.74) is 2.02. The number of nitrogens with zero attached hydrogens (tertiary/aromatic N) is 4. The van der Waals surface area contributed by atoms with Crippen LogP contribution < -0.4 is 0 Å². The van der Waals surface area contributed by atoms with Gasteiger partial charge in [0.25, 0.3) is 0 Å². The average Bonchev–Trinajstić information content (AvgIpc) is 2.86. The third kappa shape index (κ3) is 4.63. The Morgan fingerprint density at radius 2 is 1.75 bits per heavy atom. The SMILES string of the molecule is CC.Cc1cc(C)nc(SCc2nccn2C(C)C)n1. The highest BCUT2D eigenvalue weighted by molar-refractivity contribution is 7.98. The predicted octanol–water partition coefficient (Wildman–Crippen LogP) is 4.19. The van der Waals surface area contributed by atoms with Gasteiger partial charge in [0.05, 0.1) is 5.75 Å². The number of hydrogen-bond acceptors (Lipinski definition) is 4. The Labute approximate surface area is 126 Å². The van der Waals surface area contributed by atoms with Crippen LogP contribution in [-0.2, 0) is 5.75 Å². The first kappa shape index (κ1) is 16.7. The Morgan fingerprint density at radius 1 is 1.15 bits per heavy atom. The van der Waals surface area contributed by atoms with Crippen LogP contribution in [0, 0.1) is 13.8 Å². The molecule has 110 valence electrons. The summed E-state index contributed by atoms with van der Waals surface area (Å²) in [6, 6.07) is 2.42. The molecule has 5 heteroatoms. The maximum atomic E-state index is 4.42. The van der Waals surface area contributed by atoms with E-state index >= 15 is 0 Å². The molecule has 2 rings (SSSR count). The van der Waals surface area contributed by atoms with E-state index in [4.69, 9.17) is 0 Å². The summed E-state index contributed by atoms with van der Waals surface area (Å²) in [5.74, 6) is 1.87. The molecule has 0 radical (unpaired) electrons. The van der Waals surface area contributed by atoms with E-state index in [-0.39, 0.29) is 0 Å². The topological polar surface area (TPSA) is 43.6 Å². The van der Waals surface area contributed by atoms with Gasteiger partial charge in [-0.25, -0.2) is 15.0 Å². The summed E-state index contributed by atoms with van der Waals surface area (Å²) < 4.78 is 2.18. The number of aryl methyl sites for hydroxylation is 2. The standard InChI is InChI=1S/C13H18N4S.C2H6/c1-9(2)17-6-5-14-12(17)8-18-13-15-10(3)7-11(4)16-13;1-2/h5-7,9H,8H2,1-4H3;1-2H3. The molecule has 2 aromatic rings. The molecule has 0 spiro atoms. The largest absolute Gasteiger partial charge is 0.332 e. The van der Waals surface area contributed by atoms with Gasteiger partial charge in [-0.3, -0.25) is 0 Å². The molecule has 20 heavy (non-hydrogen) atoms. The van der Waals surface area contributed by atoms with E-state index in [0.717, 1.165) is 28.1 Å². The van der Waals surface area contributed by atoms with Crippen molar-refractivity contribution in [3.8, 4) is 0 Å². The van der Waals surface area contributed by atoms with Crippen molar-refractivity contribution in [1.29, 1.82) is 0 Å². The lowest BCUT2D eigenvalue weighted by molar-refractivity contribution is 0.580. The van der Waals surface area contributed by atoms with Crippen molar-refractivity contribution in [3.05, 3.63) is 35.7 Å². The van der Waals surface area contributed by atoms with Crippen LogP contribution in [0.1, 0.15) is 50.9 Å². The summed E-state index contributed by atoms with van der Waals surface area (Å²) >= 11 is 1.63. The molecule has 0 aliphatic carbocycles. The lowest BCUT2D eigenvalue weighted by Gasteiger charge is -2.10. The van der Waals surface area contributed by atoms with Gasteiger partial charge < -0.3 is 4.57 Å². The first-order valence-electron chi connectivity index (χ1n) is 7.03. The van der Waals surface area contributed by atoms with E-state index in [0.29, 0.717) is 6.04 Å². The Bertz CT molecular complexity index is 514. The van der Waals surface area contributed by atoms with Crippen LogP contribution in [-0.4, -0.2) is 19.5 Å². The van der Waals surface area contributed by atoms with E-state index in [2.05, 4.69) is 33.4 Å². The summed E-state index contributed by atoms with van der Waals surface area (Å²) in [7, 11) is 0. The van der Waals surface area contributed by atoms with Gasteiger partial charge in [0.2, 0.25) is 0 Å². The number of rotatable bonds is 4. The Hall–Kier alpha value is -1.36. The highest BCUT2D eigenvalue weighted by Crippen LogP contribution is 2.20. The molecule has 4 nitrogen and oxygen atoms in total. The molecule has 0 saturated carbocycles. The molecule has 0 saturated heterocycles. The van der Waals surface area contributed by atoms with Crippen LogP contribution in [0.4, 0.5) is 0 Å². The fourth-order valence-corrected chi connectivity index (χ4v) is 2.71. The van der Waals surface area contributed by atoms with Crippen LogP contribution in [0.5, 0.6) is 0 Å². The van der Waals surface area contributed by atoms with E-state index in [1.54, 1.807) is 11.8 Å². The molecule has 0 aromatic carbocycles.